The van der Waals surface area contributed by atoms with Crippen LogP contribution in [0, 0.1) is 11.3 Å². The summed E-state index contributed by atoms with van der Waals surface area (Å²) < 4.78 is 12.2. The van der Waals surface area contributed by atoms with Crippen LogP contribution in [0.2, 0.25) is 0 Å². The third-order valence-corrected chi connectivity index (χ3v) is 2.79. The summed E-state index contributed by atoms with van der Waals surface area (Å²) in [5.74, 6) is 0. The lowest BCUT2D eigenvalue weighted by Crippen LogP contribution is -2.34. The molecule has 1 aliphatic rings. The summed E-state index contributed by atoms with van der Waals surface area (Å²) in [5.41, 5.74) is 1.21. The SMILES string of the molecule is CC1(C)COB(c2cc(Br)cc(C#N)c2)O1. The molecule has 1 aromatic carbocycles. The van der Waals surface area contributed by atoms with Gasteiger partial charge in [-0.1, -0.05) is 15.9 Å². The summed E-state index contributed by atoms with van der Waals surface area (Å²) in [6.07, 6.45) is 0. The Morgan fingerprint density at radius 1 is 1.44 bits per heavy atom. The highest BCUT2D eigenvalue weighted by Crippen LogP contribution is 2.20. The van der Waals surface area contributed by atoms with Gasteiger partial charge in [0.05, 0.1) is 23.8 Å². The van der Waals surface area contributed by atoms with Gasteiger partial charge in [0.2, 0.25) is 0 Å². The highest BCUT2D eigenvalue weighted by atomic mass is 79.9. The maximum Gasteiger partial charge on any atom is 0.494 e. The molecular formula is C11H11BBrNO2. The summed E-state index contributed by atoms with van der Waals surface area (Å²) >= 11 is 3.37. The minimum absolute atomic E-state index is 0.264. The third kappa shape index (κ3) is 2.46. The Hall–Kier alpha value is -0.825. The van der Waals surface area contributed by atoms with Crippen molar-refractivity contribution in [3.05, 3.63) is 28.2 Å². The molecule has 0 bridgehead atoms. The Labute approximate surface area is 104 Å². The molecule has 0 atom stereocenters. The van der Waals surface area contributed by atoms with E-state index in [1.165, 1.54) is 0 Å². The molecule has 5 heteroatoms. The van der Waals surface area contributed by atoms with Crippen LogP contribution in [0.3, 0.4) is 0 Å². The lowest BCUT2D eigenvalue weighted by atomic mass is 9.78. The maximum atomic E-state index is 8.88. The van der Waals surface area contributed by atoms with E-state index in [2.05, 4.69) is 22.0 Å². The molecule has 0 radical (unpaired) electrons. The Morgan fingerprint density at radius 2 is 2.19 bits per heavy atom. The number of benzene rings is 1. The summed E-state index contributed by atoms with van der Waals surface area (Å²) in [5, 5.41) is 8.88. The second-order valence-corrected chi connectivity index (χ2v) is 5.32. The Balaban J connectivity index is 2.29. The molecule has 1 heterocycles. The lowest BCUT2D eigenvalue weighted by molar-refractivity contribution is 0.137. The number of rotatable bonds is 1. The number of halogens is 1. The van der Waals surface area contributed by atoms with E-state index in [9.17, 15) is 0 Å². The predicted octanol–water partition coefficient (Wildman–Crippen LogP) is 1.84. The molecule has 0 spiro atoms. The highest BCUT2D eigenvalue weighted by molar-refractivity contribution is 9.10. The summed E-state index contributed by atoms with van der Waals surface area (Å²) in [6, 6.07) is 7.58. The van der Waals surface area contributed by atoms with Crippen molar-refractivity contribution in [2.75, 3.05) is 6.61 Å². The lowest BCUT2D eigenvalue weighted by Gasteiger charge is -2.15. The van der Waals surface area contributed by atoms with Crippen molar-refractivity contribution in [2.45, 2.75) is 19.4 Å². The van der Waals surface area contributed by atoms with Crippen molar-refractivity contribution in [2.24, 2.45) is 0 Å². The van der Waals surface area contributed by atoms with Gasteiger partial charge in [-0.15, -0.1) is 0 Å². The second-order valence-electron chi connectivity index (χ2n) is 4.41. The summed E-state index contributed by atoms with van der Waals surface area (Å²) in [6.45, 7) is 4.53. The molecule has 0 unspecified atom stereocenters. The standard InChI is InChI=1S/C11H11BBrNO2/c1-11(2)7-15-12(16-11)9-3-8(6-14)4-10(13)5-9/h3-5H,7H2,1-2H3. The third-order valence-electron chi connectivity index (χ3n) is 2.33. The van der Waals surface area contributed by atoms with Crippen molar-refractivity contribution < 1.29 is 9.31 Å². The van der Waals surface area contributed by atoms with Gasteiger partial charge in [-0.2, -0.15) is 5.26 Å². The van der Waals surface area contributed by atoms with Crippen molar-refractivity contribution in [3.8, 4) is 6.07 Å². The normalized spacial score (nSPS) is 18.5. The van der Waals surface area contributed by atoms with Gasteiger partial charge in [-0.3, -0.25) is 0 Å². The molecule has 2 rings (SSSR count). The monoisotopic (exact) mass is 279 g/mol. The summed E-state index contributed by atoms with van der Waals surface area (Å²) in [7, 11) is -0.375. The van der Waals surface area contributed by atoms with Crippen molar-refractivity contribution in [1.29, 1.82) is 5.26 Å². The Bertz CT molecular complexity index is 456. The molecule has 3 nitrogen and oxygen atoms in total. The van der Waals surface area contributed by atoms with E-state index >= 15 is 0 Å². The van der Waals surface area contributed by atoms with E-state index in [0.717, 1.165) is 9.94 Å². The first-order valence-corrected chi connectivity index (χ1v) is 5.79. The van der Waals surface area contributed by atoms with Crippen LogP contribution in [0.15, 0.2) is 22.7 Å². The van der Waals surface area contributed by atoms with E-state index in [-0.39, 0.29) is 12.7 Å². The molecule has 1 aromatic rings. The van der Waals surface area contributed by atoms with Gasteiger partial charge >= 0.3 is 7.12 Å². The van der Waals surface area contributed by atoms with Gasteiger partial charge in [0.1, 0.15) is 0 Å². The molecule has 1 aliphatic heterocycles. The topological polar surface area (TPSA) is 42.2 Å². The van der Waals surface area contributed by atoms with Crippen LogP contribution >= 0.6 is 15.9 Å². The van der Waals surface area contributed by atoms with Gasteiger partial charge in [-0.05, 0) is 37.5 Å². The summed E-state index contributed by atoms with van der Waals surface area (Å²) in [4.78, 5) is 0. The van der Waals surface area contributed by atoms with Crippen LogP contribution < -0.4 is 5.46 Å². The molecule has 82 valence electrons. The molecule has 0 N–H and O–H groups in total. The first kappa shape index (κ1) is 11.7. The van der Waals surface area contributed by atoms with Gasteiger partial charge in [0.15, 0.2) is 0 Å². The zero-order valence-corrected chi connectivity index (χ0v) is 10.7. The zero-order valence-electron chi connectivity index (χ0n) is 9.16. The fourth-order valence-electron chi connectivity index (χ4n) is 1.61. The number of hydrogen-bond acceptors (Lipinski definition) is 3. The van der Waals surface area contributed by atoms with Gasteiger partial charge in [-0.25, -0.2) is 0 Å². The number of nitrogens with zero attached hydrogens (tertiary/aromatic N) is 1. The van der Waals surface area contributed by atoms with Gasteiger partial charge < -0.3 is 9.31 Å². The largest absolute Gasteiger partial charge is 0.494 e. The molecule has 0 aromatic heterocycles. The van der Waals surface area contributed by atoms with Crippen molar-refractivity contribution >= 4 is 28.5 Å². The molecule has 1 fully saturated rings. The number of hydrogen-bond donors (Lipinski definition) is 0. The molecule has 0 saturated carbocycles. The van der Waals surface area contributed by atoms with Crippen LogP contribution in [0.25, 0.3) is 0 Å². The van der Waals surface area contributed by atoms with Crippen LogP contribution in [-0.4, -0.2) is 19.3 Å². The van der Waals surface area contributed by atoms with E-state index in [4.69, 9.17) is 14.6 Å². The van der Waals surface area contributed by atoms with Crippen LogP contribution in [-0.2, 0) is 9.31 Å². The van der Waals surface area contributed by atoms with Crippen LogP contribution in [0.4, 0.5) is 0 Å². The van der Waals surface area contributed by atoms with Gasteiger partial charge in [0, 0.05) is 4.47 Å². The highest BCUT2D eigenvalue weighted by Gasteiger charge is 2.38. The van der Waals surface area contributed by atoms with E-state index in [1.54, 1.807) is 12.1 Å². The number of nitriles is 1. The van der Waals surface area contributed by atoms with Crippen LogP contribution in [0.1, 0.15) is 19.4 Å². The second kappa shape index (κ2) is 4.21. The minimum atomic E-state index is -0.375. The van der Waals surface area contributed by atoms with Gasteiger partial charge in [0.25, 0.3) is 0 Å². The van der Waals surface area contributed by atoms with Crippen molar-refractivity contribution in [1.82, 2.24) is 0 Å². The quantitative estimate of drug-likeness (QED) is 0.737. The maximum absolute atomic E-state index is 8.88. The van der Waals surface area contributed by atoms with Crippen LogP contribution in [0.5, 0.6) is 0 Å². The molecule has 1 saturated heterocycles. The molecule has 16 heavy (non-hydrogen) atoms. The van der Waals surface area contributed by atoms with E-state index in [1.807, 2.05) is 19.9 Å². The Kier molecular flexibility index (Phi) is 3.07. The first-order valence-electron chi connectivity index (χ1n) is 5.00. The minimum Gasteiger partial charge on any atom is -0.404 e. The molecule has 0 amide bonds. The smallest absolute Gasteiger partial charge is 0.404 e. The Morgan fingerprint density at radius 3 is 2.75 bits per heavy atom. The fourth-order valence-corrected chi connectivity index (χ4v) is 2.12. The van der Waals surface area contributed by atoms with E-state index < -0.39 is 0 Å². The molecular weight excluding hydrogens is 269 g/mol. The average Bonchev–Trinajstić information content (AvgIpc) is 2.58. The fraction of sp³-hybridized carbons (Fsp3) is 0.364. The van der Waals surface area contributed by atoms with E-state index in [0.29, 0.717) is 12.2 Å². The average molecular weight is 280 g/mol. The molecule has 0 aliphatic carbocycles. The van der Waals surface area contributed by atoms with Crippen molar-refractivity contribution in [3.63, 3.8) is 0 Å². The predicted molar refractivity (Wildman–Crippen MR) is 65.4 cm³/mol. The first-order chi connectivity index (χ1) is 7.50. The zero-order chi connectivity index (χ0) is 11.8.